The topological polar surface area (TPSA) is 34.1 Å². The van der Waals surface area contributed by atoms with Crippen LogP contribution < -0.4 is 0 Å². The number of benzene rings is 1. The second-order valence-corrected chi connectivity index (χ2v) is 4.12. The molecule has 1 rings (SSSR count). The van der Waals surface area contributed by atoms with E-state index < -0.39 is 10.7 Å². The first-order chi connectivity index (χ1) is 5.58. The SMILES string of the molecule is O=[SH](=O)Cc1cc(Cl)cc(Cl)c1. The van der Waals surface area contributed by atoms with E-state index in [0.717, 1.165) is 0 Å². The van der Waals surface area contributed by atoms with Crippen molar-refractivity contribution < 1.29 is 8.42 Å². The van der Waals surface area contributed by atoms with Crippen LogP contribution in [0.2, 0.25) is 10.0 Å². The molecule has 12 heavy (non-hydrogen) atoms. The highest BCUT2D eigenvalue weighted by Crippen LogP contribution is 2.19. The summed E-state index contributed by atoms with van der Waals surface area (Å²) in [5.41, 5.74) is 0.614. The van der Waals surface area contributed by atoms with Gasteiger partial charge in [0.15, 0.2) is 0 Å². The first kappa shape index (κ1) is 9.84. The van der Waals surface area contributed by atoms with Crippen LogP contribution in [-0.4, -0.2) is 8.42 Å². The average molecular weight is 225 g/mol. The van der Waals surface area contributed by atoms with Crippen LogP contribution in [0.25, 0.3) is 0 Å². The molecule has 0 unspecified atom stereocenters. The van der Waals surface area contributed by atoms with Gasteiger partial charge in [0.05, 0.1) is 5.75 Å². The molecule has 1 aromatic carbocycles. The summed E-state index contributed by atoms with van der Waals surface area (Å²) in [6, 6.07) is 4.72. The summed E-state index contributed by atoms with van der Waals surface area (Å²) in [4.78, 5) is 0. The van der Waals surface area contributed by atoms with Crippen LogP contribution in [0, 0.1) is 0 Å². The molecule has 0 radical (unpaired) electrons. The van der Waals surface area contributed by atoms with E-state index in [2.05, 4.69) is 0 Å². The highest BCUT2D eigenvalue weighted by Gasteiger charge is 1.98. The summed E-state index contributed by atoms with van der Waals surface area (Å²) in [6.45, 7) is 0. The summed E-state index contributed by atoms with van der Waals surface area (Å²) in [6.07, 6.45) is 0. The van der Waals surface area contributed by atoms with E-state index in [1.807, 2.05) is 0 Å². The summed E-state index contributed by atoms with van der Waals surface area (Å²) in [7, 11) is -2.42. The second-order valence-electron chi connectivity index (χ2n) is 2.27. The fraction of sp³-hybridized carbons (Fsp3) is 0.143. The lowest BCUT2D eigenvalue weighted by Crippen LogP contribution is -1.86. The zero-order valence-electron chi connectivity index (χ0n) is 5.96. The molecule has 5 heteroatoms. The van der Waals surface area contributed by atoms with Crippen molar-refractivity contribution >= 4 is 33.9 Å². The second kappa shape index (κ2) is 4.12. The molecule has 0 heterocycles. The van der Waals surface area contributed by atoms with Gasteiger partial charge in [0.1, 0.15) is 10.7 Å². The Morgan fingerprint density at radius 3 is 2.00 bits per heavy atom. The van der Waals surface area contributed by atoms with Crippen molar-refractivity contribution in [3.63, 3.8) is 0 Å². The van der Waals surface area contributed by atoms with Gasteiger partial charge in [-0.3, -0.25) is 0 Å². The smallest absolute Gasteiger partial charge is 0.144 e. The maximum Gasteiger partial charge on any atom is 0.144 e. The van der Waals surface area contributed by atoms with Crippen LogP contribution in [0.5, 0.6) is 0 Å². The van der Waals surface area contributed by atoms with Crippen LogP contribution in [0.4, 0.5) is 0 Å². The van der Waals surface area contributed by atoms with Gasteiger partial charge in [-0.2, -0.15) is 0 Å². The largest absolute Gasteiger partial charge is 0.232 e. The quantitative estimate of drug-likeness (QED) is 0.782. The number of thiol groups is 1. The minimum absolute atomic E-state index is 0.0182. The Kier molecular flexibility index (Phi) is 3.38. The molecule has 0 atom stereocenters. The maximum absolute atomic E-state index is 10.3. The van der Waals surface area contributed by atoms with E-state index in [9.17, 15) is 8.42 Å². The number of halogens is 2. The predicted molar refractivity (Wildman–Crippen MR) is 50.5 cm³/mol. The predicted octanol–water partition coefficient (Wildman–Crippen LogP) is 2.10. The van der Waals surface area contributed by atoms with Crippen LogP contribution >= 0.6 is 23.2 Å². The Morgan fingerprint density at radius 1 is 1.08 bits per heavy atom. The van der Waals surface area contributed by atoms with Crippen molar-refractivity contribution in [1.29, 1.82) is 0 Å². The van der Waals surface area contributed by atoms with Gasteiger partial charge in [-0.05, 0) is 23.8 Å². The molecule has 0 amide bonds. The summed E-state index contributed by atoms with van der Waals surface area (Å²) < 4.78 is 20.7. The molecule has 0 aliphatic carbocycles. The highest BCUT2D eigenvalue weighted by atomic mass is 35.5. The molecule has 0 bridgehead atoms. The van der Waals surface area contributed by atoms with Gasteiger partial charge in [0, 0.05) is 10.0 Å². The molecule has 0 N–H and O–H groups in total. The normalized spacial score (nSPS) is 10.6. The maximum atomic E-state index is 10.3. The summed E-state index contributed by atoms with van der Waals surface area (Å²) >= 11 is 11.3. The Balaban J connectivity index is 3.00. The lowest BCUT2D eigenvalue weighted by Gasteiger charge is -1.97. The first-order valence-electron chi connectivity index (χ1n) is 3.14. The third-order valence-corrected chi connectivity index (χ3v) is 2.29. The highest BCUT2D eigenvalue weighted by molar-refractivity contribution is 7.71. The van der Waals surface area contributed by atoms with E-state index >= 15 is 0 Å². The fourth-order valence-electron chi connectivity index (χ4n) is 0.851. The molecule has 0 aromatic heterocycles. The average Bonchev–Trinajstić information content (AvgIpc) is 1.81. The minimum atomic E-state index is -2.42. The van der Waals surface area contributed by atoms with E-state index in [1.54, 1.807) is 18.2 Å². The Hall–Kier alpha value is -0.250. The number of hydrogen-bond donors (Lipinski definition) is 1. The lowest BCUT2D eigenvalue weighted by atomic mass is 10.2. The van der Waals surface area contributed by atoms with Gasteiger partial charge in [-0.15, -0.1) is 0 Å². The zero-order valence-corrected chi connectivity index (χ0v) is 8.37. The molecule has 66 valence electrons. The van der Waals surface area contributed by atoms with E-state index in [4.69, 9.17) is 23.2 Å². The van der Waals surface area contributed by atoms with E-state index in [1.165, 1.54) is 0 Å². The van der Waals surface area contributed by atoms with Crippen molar-refractivity contribution in [1.82, 2.24) is 0 Å². The van der Waals surface area contributed by atoms with Crippen molar-refractivity contribution in [3.05, 3.63) is 33.8 Å². The molecular formula is C7H6Cl2O2S. The number of hydrogen-bond acceptors (Lipinski definition) is 2. The van der Waals surface area contributed by atoms with Crippen LogP contribution in [0.3, 0.4) is 0 Å². The van der Waals surface area contributed by atoms with Gasteiger partial charge >= 0.3 is 0 Å². The Bertz CT molecular complexity index is 332. The minimum Gasteiger partial charge on any atom is -0.232 e. The van der Waals surface area contributed by atoms with Gasteiger partial charge in [-0.25, -0.2) is 8.42 Å². The summed E-state index contributed by atoms with van der Waals surface area (Å²) in [5.74, 6) is -0.0182. The molecule has 0 aliphatic rings. The molecule has 2 nitrogen and oxygen atoms in total. The Labute approximate surface area is 82.1 Å². The summed E-state index contributed by atoms with van der Waals surface area (Å²) in [5, 5.41) is 0.906. The number of rotatable bonds is 2. The molecule has 0 fully saturated rings. The van der Waals surface area contributed by atoms with Crippen molar-refractivity contribution in [2.45, 2.75) is 5.75 Å². The van der Waals surface area contributed by atoms with Crippen LogP contribution in [-0.2, 0) is 16.5 Å². The molecule has 0 saturated heterocycles. The van der Waals surface area contributed by atoms with Gasteiger partial charge in [-0.1, -0.05) is 23.2 Å². The van der Waals surface area contributed by atoms with Gasteiger partial charge in [0.25, 0.3) is 0 Å². The monoisotopic (exact) mass is 224 g/mol. The van der Waals surface area contributed by atoms with Crippen LogP contribution in [0.15, 0.2) is 18.2 Å². The van der Waals surface area contributed by atoms with E-state index in [-0.39, 0.29) is 5.75 Å². The third-order valence-electron chi connectivity index (χ3n) is 1.23. The Morgan fingerprint density at radius 2 is 1.58 bits per heavy atom. The van der Waals surface area contributed by atoms with Crippen molar-refractivity contribution in [2.75, 3.05) is 0 Å². The fourth-order valence-corrected chi connectivity index (χ4v) is 1.90. The third kappa shape index (κ3) is 3.01. The first-order valence-corrected chi connectivity index (χ1v) is 5.26. The molecule has 0 spiro atoms. The molecule has 0 saturated carbocycles. The van der Waals surface area contributed by atoms with E-state index in [0.29, 0.717) is 15.6 Å². The molecule has 1 aromatic rings. The molecule has 0 aliphatic heterocycles. The van der Waals surface area contributed by atoms with Gasteiger partial charge in [0.2, 0.25) is 0 Å². The van der Waals surface area contributed by atoms with Gasteiger partial charge < -0.3 is 0 Å². The molecular weight excluding hydrogens is 219 g/mol. The lowest BCUT2D eigenvalue weighted by molar-refractivity contribution is 0.614. The van der Waals surface area contributed by atoms with Crippen molar-refractivity contribution in [3.8, 4) is 0 Å². The van der Waals surface area contributed by atoms with Crippen LogP contribution in [0.1, 0.15) is 5.56 Å². The van der Waals surface area contributed by atoms with Crippen molar-refractivity contribution in [2.24, 2.45) is 0 Å². The zero-order chi connectivity index (χ0) is 9.14. The standard InChI is InChI=1S/C7H6Cl2O2S/c8-6-1-5(4-12(10)11)2-7(9)3-6/h1-3,12H,4H2.